The van der Waals surface area contributed by atoms with Crippen LogP contribution in [-0.2, 0) is 4.79 Å². The Balaban J connectivity index is 1.07. The van der Waals surface area contributed by atoms with Crippen molar-refractivity contribution >= 4 is 28.9 Å². The van der Waals surface area contributed by atoms with Crippen molar-refractivity contribution in [3.05, 3.63) is 53.8 Å². The topological polar surface area (TPSA) is 67.9 Å². The first-order chi connectivity index (χ1) is 16.6. The summed E-state index contributed by atoms with van der Waals surface area (Å²) < 4.78 is 13.1. The van der Waals surface area contributed by atoms with Crippen molar-refractivity contribution in [2.75, 3.05) is 60.9 Å². The van der Waals surface area contributed by atoms with Crippen LogP contribution in [0.2, 0.25) is 0 Å². The third-order valence-electron chi connectivity index (χ3n) is 7.13. The number of carbonyl (C=O) groups excluding carboxylic acids is 2. The first-order valence-corrected chi connectivity index (χ1v) is 12.3. The molecule has 34 heavy (non-hydrogen) atoms. The van der Waals surface area contributed by atoms with Gasteiger partial charge in [-0.2, -0.15) is 0 Å². The van der Waals surface area contributed by atoms with Gasteiger partial charge in [-0.1, -0.05) is 0 Å². The van der Waals surface area contributed by atoms with Gasteiger partial charge in [0.15, 0.2) is 0 Å². The minimum absolute atomic E-state index is 0.0317. The van der Waals surface area contributed by atoms with E-state index in [1.165, 1.54) is 12.1 Å². The maximum Gasteiger partial charge on any atom is 0.251 e. The quantitative estimate of drug-likeness (QED) is 0.642. The lowest BCUT2D eigenvalue weighted by atomic mass is 9.97. The molecule has 3 aliphatic rings. The van der Waals surface area contributed by atoms with Crippen LogP contribution in [0.1, 0.15) is 36.0 Å². The molecule has 7 nitrogen and oxygen atoms in total. The Labute approximate surface area is 199 Å². The normalized spacial score (nSPS) is 20.4. The van der Waals surface area contributed by atoms with Crippen molar-refractivity contribution < 1.29 is 14.0 Å². The zero-order valence-corrected chi connectivity index (χ0v) is 19.4. The highest BCUT2D eigenvalue weighted by molar-refractivity contribution is 6.05. The number of halogens is 1. The van der Waals surface area contributed by atoms with E-state index in [-0.39, 0.29) is 23.7 Å². The van der Waals surface area contributed by atoms with Gasteiger partial charge in [-0.05, 0) is 74.7 Å². The van der Waals surface area contributed by atoms with E-state index in [2.05, 4.69) is 25.3 Å². The molecule has 3 heterocycles. The van der Waals surface area contributed by atoms with Crippen LogP contribution in [0.4, 0.5) is 21.5 Å². The molecule has 2 aromatic rings. The Bertz CT molecular complexity index is 1040. The summed E-state index contributed by atoms with van der Waals surface area (Å²) in [6, 6.07) is 12.2. The molecular weight excluding hydrogens is 433 g/mol. The second-order valence-electron chi connectivity index (χ2n) is 9.34. The third kappa shape index (κ3) is 4.87. The number of carbonyl (C=O) groups is 2. The summed E-state index contributed by atoms with van der Waals surface area (Å²) in [6.07, 6.45) is 3.93. The number of piperazine rings is 1. The average molecular weight is 466 g/mol. The van der Waals surface area contributed by atoms with Crippen LogP contribution in [0, 0.1) is 5.82 Å². The number of amides is 2. The molecule has 1 atom stereocenters. The number of fused-ring (bicyclic) bond motifs is 3. The van der Waals surface area contributed by atoms with E-state index in [4.69, 9.17) is 0 Å². The minimum atomic E-state index is -0.208. The maximum atomic E-state index is 13.1. The molecule has 180 valence electrons. The fourth-order valence-electron chi connectivity index (χ4n) is 5.22. The molecule has 3 aliphatic heterocycles. The van der Waals surface area contributed by atoms with Gasteiger partial charge in [0.05, 0.1) is 11.4 Å². The van der Waals surface area contributed by atoms with E-state index in [0.717, 1.165) is 82.0 Å². The Morgan fingerprint density at radius 2 is 1.82 bits per heavy atom. The van der Waals surface area contributed by atoms with Crippen LogP contribution < -0.4 is 20.4 Å². The Morgan fingerprint density at radius 3 is 2.62 bits per heavy atom. The van der Waals surface area contributed by atoms with Gasteiger partial charge in [0.25, 0.3) is 5.91 Å². The van der Waals surface area contributed by atoms with Crippen LogP contribution in [0.25, 0.3) is 0 Å². The minimum Gasteiger partial charge on any atom is -0.369 e. The molecule has 1 unspecified atom stereocenters. The molecule has 0 bridgehead atoms. The van der Waals surface area contributed by atoms with Gasteiger partial charge in [-0.15, -0.1) is 0 Å². The molecule has 0 aliphatic carbocycles. The molecule has 2 fully saturated rings. The second kappa shape index (κ2) is 10.0. The largest absolute Gasteiger partial charge is 0.369 e. The Kier molecular flexibility index (Phi) is 6.67. The van der Waals surface area contributed by atoms with Crippen LogP contribution in [0.15, 0.2) is 42.5 Å². The number of rotatable bonds is 6. The second-order valence-corrected chi connectivity index (χ2v) is 9.34. The smallest absolute Gasteiger partial charge is 0.251 e. The van der Waals surface area contributed by atoms with Crippen molar-refractivity contribution in [3.8, 4) is 0 Å². The first-order valence-electron chi connectivity index (χ1n) is 12.3. The van der Waals surface area contributed by atoms with Gasteiger partial charge in [0.2, 0.25) is 5.91 Å². The summed E-state index contributed by atoms with van der Waals surface area (Å²) in [6.45, 7) is 6.14. The number of piperidine rings is 1. The SMILES string of the molecule is O=C(NCCCN1CCN(c2ccc(F)cc2)CC1)c1ccc2c(c1)NC(=O)C1CCCCN21. The first kappa shape index (κ1) is 22.7. The molecule has 0 spiro atoms. The highest BCUT2D eigenvalue weighted by Crippen LogP contribution is 2.36. The number of hydrogen-bond acceptors (Lipinski definition) is 5. The highest BCUT2D eigenvalue weighted by Gasteiger charge is 2.34. The number of benzene rings is 2. The van der Waals surface area contributed by atoms with Crippen molar-refractivity contribution in [2.24, 2.45) is 0 Å². The molecule has 0 saturated carbocycles. The fraction of sp³-hybridized carbons (Fsp3) is 0.462. The van der Waals surface area contributed by atoms with Gasteiger partial charge in [-0.25, -0.2) is 4.39 Å². The van der Waals surface area contributed by atoms with E-state index in [1.807, 2.05) is 24.3 Å². The van der Waals surface area contributed by atoms with Gasteiger partial charge in [-0.3, -0.25) is 14.5 Å². The Morgan fingerprint density at radius 1 is 1.03 bits per heavy atom. The molecule has 0 aromatic heterocycles. The van der Waals surface area contributed by atoms with Gasteiger partial charge in [0.1, 0.15) is 11.9 Å². The van der Waals surface area contributed by atoms with E-state index in [9.17, 15) is 14.0 Å². The van der Waals surface area contributed by atoms with Crippen LogP contribution in [0.5, 0.6) is 0 Å². The summed E-state index contributed by atoms with van der Waals surface area (Å²) in [4.78, 5) is 32.0. The standard InChI is InChI=1S/C26H32FN5O2/c27-20-6-8-21(9-7-20)31-16-14-30(15-17-31)12-3-11-28-25(33)19-5-10-23-22(18-19)29-26(34)24-4-1-2-13-32(23)24/h5-10,18,24H,1-4,11-17H2,(H,28,33)(H,29,34). The molecule has 0 radical (unpaired) electrons. The van der Waals surface area contributed by atoms with Crippen molar-refractivity contribution in [1.29, 1.82) is 0 Å². The van der Waals surface area contributed by atoms with Crippen molar-refractivity contribution in [2.45, 2.75) is 31.7 Å². The predicted molar refractivity (Wildman–Crippen MR) is 132 cm³/mol. The van der Waals surface area contributed by atoms with E-state index >= 15 is 0 Å². The number of nitrogens with one attached hydrogen (secondary N) is 2. The Hall–Kier alpha value is -3.13. The van der Waals surface area contributed by atoms with Crippen molar-refractivity contribution in [3.63, 3.8) is 0 Å². The molecule has 8 heteroatoms. The van der Waals surface area contributed by atoms with Crippen LogP contribution >= 0.6 is 0 Å². The summed E-state index contributed by atoms with van der Waals surface area (Å²) in [5.74, 6) is -0.288. The lowest BCUT2D eigenvalue weighted by Gasteiger charge is -2.41. The lowest BCUT2D eigenvalue weighted by Crippen LogP contribution is -2.50. The monoisotopic (exact) mass is 465 g/mol. The molecule has 2 saturated heterocycles. The highest BCUT2D eigenvalue weighted by atomic mass is 19.1. The zero-order valence-electron chi connectivity index (χ0n) is 19.4. The van der Waals surface area contributed by atoms with E-state index < -0.39 is 0 Å². The van der Waals surface area contributed by atoms with Crippen LogP contribution in [-0.4, -0.2) is 68.6 Å². The lowest BCUT2D eigenvalue weighted by molar-refractivity contribution is -0.118. The number of nitrogens with zero attached hydrogens (tertiary/aromatic N) is 3. The summed E-state index contributed by atoms with van der Waals surface area (Å²) in [7, 11) is 0. The molecular formula is C26H32FN5O2. The van der Waals surface area contributed by atoms with Gasteiger partial charge in [0, 0.05) is 50.5 Å². The molecule has 5 rings (SSSR count). The van der Waals surface area contributed by atoms with Crippen LogP contribution in [0.3, 0.4) is 0 Å². The van der Waals surface area contributed by atoms with Gasteiger partial charge < -0.3 is 20.4 Å². The number of hydrogen-bond donors (Lipinski definition) is 2. The van der Waals surface area contributed by atoms with Gasteiger partial charge >= 0.3 is 0 Å². The summed E-state index contributed by atoms with van der Waals surface area (Å²) >= 11 is 0. The predicted octanol–water partition coefficient (Wildman–Crippen LogP) is 3.08. The third-order valence-corrected chi connectivity index (χ3v) is 7.13. The molecule has 2 amide bonds. The average Bonchev–Trinajstić information content (AvgIpc) is 2.87. The maximum absolute atomic E-state index is 13.1. The molecule has 2 aromatic carbocycles. The zero-order chi connectivity index (χ0) is 23.5. The molecule has 2 N–H and O–H groups in total. The number of anilines is 3. The fourth-order valence-corrected chi connectivity index (χ4v) is 5.22. The van der Waals surface area contributed by atoms with Crippen molar-refractivity contribution in [1.82, 2.24) is 10.2 Å². The summed E-state index contributed by atoms with van der Waals surface area (Å²) in [5, 5.41) is 6.01. The summed E-state index contributed by atoms with van der Waals surface area (Å²) in [5.41, 5.74) is 3.38. The van der Waals surface area contributed by atoms with E-state index in [0.29, 0.717) is 12.1 Å². The van der Waals surface area contributed by atoms with E-state index in [1.54, 1.807) is 6.07 Å².